The van der Waals surface area contributed by atoms with E-state index in [1.54, 1.807) is 0 Å². The van der Waals surface area contributed by atoms with Gasteiger partial charge in [-0.25, -0.2) is 0 Å². The molecule has 14 heavy (non-hydrogen) atoms. The van der Waals surface area contributed by atoms with Crippen molar-refractivity contribution in [2.24, 2.45) is 0 Å². The summed E-state index contributed by atoms with van der Waals surface area (Å²) in [6.07, 6.45) is 1.10. The molecular formula is C11H17NOS. The maximum Gasteiger partial charge on any atom is 0.186 e. The van der Waals surface area contributed by atoms with E-state index in [-0.39, 0.29) is 5.78 Å². The van der Waals surface area contributed by atoms with Crippen molar-refractivity contribution in [1.82, 2.24) is 4.90 Å². The van der Waals surface area contributed by atoms with Crippen LogP contribution in [0.25, 0.3) is 0 Å². The summed E-state index contributed by atoms with van der Waals surface area (Å²) in [5.74, 6) is 0.246. The summed E-state index contributed by atoms with van der Waals surface area (Å²) in [5, 5.41) is 1.95. The number of Topliss-reactive ketones (excluding diaryl/α,β-unsaturated/α-hetero) is 1. The van der Waals surface area contributed by atoms with Gasteiger partial charge in [-0.1, -0.05) is 19.9 Å². The first-order valence-corrected chi connectivity index (χ1v) is 5.95. The molecule has 0 fully saturated rings. The number of thiophene rings is 1. The fourth-order valence-corrected chi connectivity index (χ4v) is 2.04. The molecule has 0 saturated heterocycles. The molecule has 3 heteroatoms. The summed E-state index contributed by atoms with van der Waals surface area (Å²) >= 11 is 1.53. The predicted octanol–water partition coefficient (Wildman–Crippen LogP) is 2.66. The molecule has 0 spiro atoms. The number of carbonyl (C=O) groups is 1. The molecular weight excluding hydrogens is 194 g/mol. The van der Waals surface area contributed by atoms with Crippen LogP contribution in [0.2, 0.25) is 0 Å². The molecule has 0 aliphatic heterocycles. The van der Waals surface area contributed by atoms with Gasteiger partial charge in [0, 0.05) is 0 Å². The van der Waals surface area contributed by atoms with Gasteiger partial charge in [0.15, 0.2) is 5.78 Å². The SMILES string of the molecule is CCCN(CC)CC(=O)c1cccs1. The largest absolute Gasteiger partial charge is 0.296 e. The second-order valence-electron chi connectivity index (χ2n) is 3.27. The quantitative estimate of drug-likeness (QED) is 0.674. The lowest BCUT2D eigenvalue weighted by Crippen LogP contribution is -2.30. The second kappa shape index (κ2) is 5.94. The Morgan fingerprint density at radius 2 is 2.29 bits per heavy atom. The molecule has 0 bridgehead atoms. The number of hydrogen-bond donors (Lipinski definition) is 0. The van der Waals surface area contributed by atoms with Crippen LogP contribution in [0.3, 0.4) is 0 Å². The van der Waals surface area contributed by atoms with Crippen molar-refractivity contribution < 1.29 is 4.79 Å². The number of carbonyl (C=O) groups excluding carboxylic acids is 1. The third-order valence-electron chi connectivity index (χ3n) is 2.15. The Bertz CT molecular complexity index is 269. The highest BCUT2D eigenvalue weighted by Gasteiger charge is 2.10. The normalized spacial score (nSPS) is 10.8. The van der Waals surface area contributed by atoms with E-state index in [4.69, 9.17) is 0 Å². The van der Waals surface area contributed by atoms with Crippen LogP contribution in [0.4, 0.5) is 0 Å². The summed E-state index contributed by atoms with van der Waals surface area (Å²) in [5.41, 5.74) is 0. The average Bonchev–Trinajstić information content (AvgIpc) is 2.69. The van der Waals surface area contributed by atoms with Crippen molar-refractivity contribution in [3.63, 3.8) is 0 Å². The Morgan fingerprint density at radius 3 is 2.79 bits per heavy atom. The Labute approximate surface area is 89.5 Å². The number of nitrogens with zero attached hydrogens (tertiary/aromatic N) is 1. The van der Waals surface area contributed by atoms with Gasteiger partial charge in [-0.3, -0.25) is 9.69 Å². The van der Waals surface area contributed by atoms with Gasteiger partial charge in [0.2, 0.25) is 0 Å². The van der Waals surface area contributed by atoms with Gasteiger partial charge in [-0.05, 0) is 31.0 Å². The highest BCUT2D eigenvalue weighted by molar-refractivity contribution is 7.12. The maximum atomic E-state index is 11.7. The predicted molar refractivity (Wildman–Crippen MR) is 61.1 cm³/mol. The number of likely N-dealkylation sites (N-methyl/N-ethyl adjacent to an activating group) is 1. The van der Waals surface area contributed by atoms with Crippen LogP contribution < -0.4 is 0 Å². The molecule has 0 saturated carbocycles. The third-order valence-corrected chi connectivity index (χ3v) is 3.06. The molecule has 0 unspecified atom stereocenters. The monoisotopic (exact) mass is 211 g/mol. The minimum absolute atomic E-state index is 0.246. The van der Waals surface area contributed by atoms with E-state index in [2.05, 4.69) is 18.7 Å². The molecule has 0 atom stereocenters. The van der Waals surface area contributed by atoms with Crippen LogP contribution in [0.5, 0.6) is 0 Å². The van der Waals surface area contributed by atoms with E-state index in [0.29, 0.717) is 6.54 Å². The van der Waals surface area contributed by atoms with Crippen molar-refractivity contribution in [3.8, 4) is 0 Å². The summed E-state index contributed by atoms with van der Waals surface area (Å²) in [4.78, 5) is 14.8. The maximum absolute atomic E-state index is 11.7. The summed E-state index contributed by atoms with van der Waals surface area (Å²) < 4.78 is 0. The Balaban J connectivity index is 2.47. The molecule has 1 heterocycles. The summed E-state index contributed by atoms with van der Waals surface area (Å²) in [6.45, 7) is 6.75. The molecule has 0 aliphatic carbocycles. The fourth-order valence-electron chi connectivity index (χ4n) is 1.38. The van der Waals surface area contributed by atoms with Crippen LogP contribution >= 0.6 is 11.3 Å². The van der Waals surface area contributed by atoms with E-state index in [1.807, 2.05) is 17.5 Å². The van der Waals surface area contributed by atoms with Crippen molar-refractivity contribution >= 4 is 17.1 Å². The summed E-state index contributed by atoms with van der Waals surface area (Å²) in [6, 6.07) is 3.82. The van der Waals surface area contributed by atoms with Crippen molar-refractivity contribution in [1.29, 1.82) is 0 Å². The van der Waals surface area contributed by atoms with E-state index in [9.17, 15) is 4.79 Å². The number of ketones is 1. The molecule has 0 N–H and O–H groups in total. The van der Waals surface area contributed by atoms with Gasteiger partial charge in [0.25, 0.3) is 0 Å². The number of hydrogen-bond acceptors (Lipinski definition) is 3. The van der Waals surface area contributed by atoms with Gasteiger partial charge < -0.3 is 0 Å². The highest BCUT2D eigenvalue weighted by Crippen LogP contribution is 2.10. The minimum Gasteiger partial charge on any atom is -0.296 e. The molecule has 78 valence electrons. The smallest absolute Gasteiger partial charge is 0.186 e. The molecule has 1 aromatic rings. The molecule has 1 aromatic heterocycles. The van der Waals surface area contributed by atoms with Gasteiger partial charge in [0.05, 0.1) is 11.4 Å². The Hall–Kier alpha value is -0.670. The van der Waals surface area contributed by atoms with Crippen molar-refractivity contribution in [3.05, 3.63) is 22.4 Å². The lowest BCUT2D eigenvalue weighted by Gasteiger charge is -2.17. The zero-order chi connectivity index (χ0) is 10.4. The zero-order valence-corrected chi connectivity index (χ0v) is 9.64. The van der Waals surface area contributed by atoms with Crippen LogP contribution in [0.15, 0.2) is 17.5 Å². The Morgan fingerprint density at radius 1 is 1.50 bits per heavy atom. The molecule has 0 aromatic carbocycles. The van der Waals surface area contributed by atoms with E-state index < -0.39 is 0 Å². The van der Waals surface area contributed by atoms with Gasteiger partial charge in [-0.15, -0.1) is 11.3 Å². The average molecular weight is 211 g/mol. The topological polar surface area (TPSA) is 20.3 Å². The van der Waals surface area contributed by atoms with Crippen molar-refractivity contribution in [2.75, 3.05) is 19.6 Å². The third kappa shape index (κ3) is 3.24. The van der Waals surface area contributed by atoms with Crippen molar-refractivity contribution in [2.45, 2.75) is 20.3 Å². The van der Waals surface area contributed by atoms with E-state index in [1.165, 1.54) is 11.3 Å². The molecule has 1 rings (SSSR count). The minimum atomic E-state index is 0.246. The zero-order valence-electron chi connectivity index (χ0n) is 8.82. The fraction of sp³-hybridized carbons (Fsp3) is 0.545. The summed E-state index contributed by atoms with van der Waals surface area (Å²) in [7, 11) is 0. The molecule has 2 nitrogen and oxygen atoms in total. The van der Waals surface area contributed by atoms with Gasteiger partial charge in [-0.2, -0.15) is 0 Å². The molecule has 0 aliphatic rings. The first-order valence-electron chi connectivity index (χ1n) is 5.07. The Kier molecular flexibility index (Phi) is 4.84. The van der Waals surface area contributed by atoms with E-state index in [0.717, 1.165) is 24.4 Å². The first-order chi connectivity index (χ1) is 6.77. The second-order valence-corrected chi connectivity index (χ2v) is 4.22. The van der Waals surface area contributed by atoms with Gasteiger partial charge >= 0.3 is 0 Å². The number of rotatable bonds is 6. The van der Waals surface area contributed by atoms with E-state index >= 15 is 0 Å². The van der Waals surface area contributed by atoms with Crippen LogP contribution in [-0.4, -0.2) is 30.3 Å². The highest BCUT2D eigenvalue weighted by atomic mass is 32.1. The first kappa shape index (κ1) is 11.4. The van der Waals surface area contributed by atoms with Crippen LogP contribution in [0.1, 0.15) is 29.9 Å². The van der Waals surface area contributed by atoms with Crippen LogP contribution in [0, 0.1) is 0 Å². The lowest BCUT2D eigenvalue weighted by molar-refractivity contribution is 0.0938. The molecule has 0 radical (unpaired) electrons. The standard InChI is InChI=1S/C11H17NOS/c1-3-7-12(4-2)9-10(13)11-6-5-8-14-11/h5-6,8H,3-4,7,9H2,1-2H3. The molecule has 0 amide bonds. The van der Waals surface area contributed by atoms with Gasteiger partial charge in [0.1, 0.15) is 0 Å². The lowest BCUT2D eigenvalue weighted by atomic mass is 10.3. The van der Waals surface area contributed by atoms with Crippen LogP contribution in [-0.2, 0) is 0 Å².